The number of aromatic nitrogens is 3. The molecule has 0 bridgehead atoms. The number of nitrogens with one attached hydrogen (secondary N) is 1. The number of piperidine rings is 1. The Balaban J connectivity index is 1.57. The highest BCUT2D eigenvalue weighted by molar-refractivity contribution is 5.54. The highest BCUT2D eigenvalue weighted by atomic mass is 16.5. The molecule has 1 N–H and O–H groups in total. The van der Waals surface area contributed by atoms with E-state index in [0.717, 1.165) is 18.5 Å². The second-order valence-electron chi connectivity index (χ2n) is 4.68. The summed E-state index contributed by atoms with van der Waals surface area (Å²) in [5.74, 6) is 0.672. The number of rotatable bonds is 4. The molecule has 1 fully saturated rings. The summed E-state index contributed by atoms with van der Waals surface area (Å²) in [4.78, 5) is 4.26. The minimum Gasteiger partial charge on any atom is -0.476 e. The first-order valence-electron chi connectivity index (χ1n) is 6.58. The number of hydrogen-bond acceptors (Lipinski definition) is 4. The Morgan fingerprint density at radius 3 is 3.28 bits per heavy atom. The molecule has 5 heteroatoms. The fourth-order valence-electron chi connectivity index (χ4n) is 2.41. The molecule has 1 aliphatic rings. The van der Waals surface area contributed by atoms with Crippen LogP contribution in [0.5, 0.6) is 5.88 Å². The zero-order valence-electron chi connectivity index (χ0n) is 10.4. The Labute approximate surface area is 106 Å². The zero-order valence-corrected chi connectivity index (χ0v) is 10.4. The molecular formula is C13H18N4O. The van der Waals surface area contributed by atoms with Gasteiger partial charge in [-0.3, -0.25) is 0 Å². The summed E-state index contributed by atoms with van der Waals surface area (Å²) in [6.45, 7) is 1.84. The van der Waals surface area contributed by atoms with Crippen molar-refractivity contribution in [2.45, 2.75) is 31.7 Å². The predicted octanol–water partition coefficient (Wildman–Crippen LogP) is 1.64. The van der Waals surface area contributed by atoms with Crippen LogP contribution < -0.4 is 10.1 Å². The van der Waals surface area contributed by atoms with Crippen LogP contribution in [0.3, 0.4) is 0 Å². The first kappa shape index (κ1) is 11.5. The van der Waals surface area contributed by atoms with Crippen molar-refractivity contribution in [2.75, 3.05) is 13.2 Å². The molecule has 1 unspecified atom stereocenters. The van der Waals surface area contributed by atoms with E-state index in [1.165, 1.54) is 19.3 Å². The van der Waals surface area contributed by atoms with E-state index in [2.05, 4.69) is 15.4 Å². The molecule has 0 spiro atoms. The van der Waals surface area contributed by atoms with Gasteiger partial charge < -0.3 is 10.1 Å². The molecule has 1 aliphatic heterocycles. The number of fused-ring (bicyclic) bond motifs is 1. The van der Waals surface area contributed by atoms with E-state index in [0.29, 0.717) is 18.5 Å². The van der Waals surface area contributed by atoms with Gasteiger partial charge in [0.25, 0.3) is 0 Å². The highest BCUT2D eigenvalue weighted by Crippen LogP contribution is 2.16. The summed E-state index contributed by atoms with van der Waals surface area (Å²) in [6, 6.07) is 2.52. The summed E-state index contributed by atoms with van der Waals surface area (Å²) in [5.41, 5.74) is 0.925. The molecule has 5 nitrogen and oxygen atoms in total. The Morgan fingerprint density at radius 2 is 2.39 bits per heavy atom. The van der Waals surface area contributed by atoms with Gasteiger partial charge in [0.2, 0.25) is 5.88 Å². The van der Waals surface area contributed by atoms with Gasteiger partial charge in [0.05, 0.1) is 12.8 Å². The van der Waals surface area contributed by atoms with Gasteiger partial charge in [-0.15, -0.1) is 0 Å². The monoisotopic (exact) mass is 246 g/mol. The van der Waals surface area contributed by atoms with Gasteiger partial charge in [0.1, 0.15) is 5.52 Å². The average Bonchev–Trinajstić information content (AvgIpc) is 2.89. The van der Waals surface area contributed by atoms with Crippen molar-refractivity contribution in [3.8, 4) is 5.88 Å². The lowest BCUT2D eigenvalue weighted by Gasteiger charge is -2.23. The fourth-order valence-corrected chi connectivity index (χ4v) is 2.41. The SMILES string of the molecule is c1cn2nccc2c(OCCC2CCCCN2)n1. The van der Waals surface area contributed by atoms with Crippen LogP contribution >= 0.6 is 0 Å². The van der Waals surface area contributed by atoms with Crippen molar-refractivity contribution in [3.63, 3.8) is 0 Å². The molecule has 0 saturated carbocycles. The van der Waals surface area contributed by atoms with Gasteiger partial charge in [-0.1, -0.05) is 6.42 Å². The third kappa shape index (κ3) is 2.46. The van der Waals surface area contributed by atoms with E-state index in [9.17, 15) is 0 Å². The Hall–Kier alpha value is -1.62. The van der Waals surface area contributed by atoms with E-state index in [4.69, 9.17) is 4.74 Å². The summed E-state index contributed by atoms with van der Waals surface area (Å²) in [5, 5.41) is 7.68. The van der Waals surface area contributed by atoms with Crippen molar-refractivity contribution in [3.05, 3.63) is 24.7 Å². The predicted molar refractivity (Wildman–Crippen MR) is 68.7 cm³/mol. The van der Waals surface area contributed by atoms with Crippen LogP contribution in [0.25, 0.3) is 5.52 Å². The van der Waals surface area contributed by atoms with Crippen molar-refractivity contribution in [2.24, 2.45) is 0 Å². The molecule has 3 heterocycles. The lowest BCUT2D eigenvalue weighted by Crippen LogP contribution is -2.35. The second kappa shape index (κ2) is 5.35. The lowest BCUT2D eigenvalue weighted by molar-refractivity contribution is 0.262. The van der Waals surface area contributed by atoms with Crippen LogP contribution in [0.4, 0.5) is 0 Å². The maximum absolute atomic E-state index is 5.77. The molecule has 3 rings (SSSR count). The Bertz CT molecular complexity index is 504. The van der Waals surface area contributed by atoms with E-state index in [1.807, 2.05) is 12.3 Å². The van der Waals surface area contributed by atoms with Crippen molar-refractivity contribution < 1.29 is 4.74 Å². The van der Waals surface area contributed by atoms with Crippen LogP contribution in [0.15, 0.2) is 24.7 Å². The van der Waals surface area contributed by atoms with Crippen molar-refractivity contribution in [1.82, 2.24) is 19.9 Å². The van der Waals surface area contributed by atoms with Crippen molar-refractivity contribution in [1.29, 1.82) is 0 Å². The molecular weight excluding hydrogens is 228 g/mol. The molecule has 0 aliphatic carbocycles. The van der Waals surface area contributed by atoms with Gasteiger partial charge >= 0.3 is 0 Å². The molecule has 18 heavy (non-hydrogen) atoms. The van der Waals surface area contributed by atoms with Gasteiger partial charge in [-0.05, 0) is 31.9 Å². The smallest absolute Gasteiger partial charge is 0.240 e. The van der Waals surface area contributed by atoms with Gasteiger partial charge in [-0.2, -0.15) is 5.10 Å². The minimum absolute atomic E-state index is 0.600. The fraction of sp³-hybridized carbons (Fsp3) is 0.538. The van der Waals surface area contributed by atoms with E-state index >= 15 is 0 Å². The molecule has 0 amide bonds. The van der Waals surface area contributed by atoms with Crippen LogP contribution in [0.1, 0.15) is 25.7 Å². The Kier molecular flexibility index (Phi) is 3.41. The van der Waals surface area contributed by atoms with Crippen LogP contribution in [-0.2, 0) is 0 Å². The maximum Gasteiger partial charge on any atom is 0.240 e. The number of hydrogen-bond donors (Lipinski definition) is 1. The van der Waals surface area contributed by atoms with Crippen LogP contribution in [-0.4, -0.2) is 33.8 Å². The summed E-state index contributed by atoms with van der Waals surface area (Å²) >= 11 is 0. The van der Waals surface area contributed by atoms with Gasteiger partial charge in [-0.25, -0.2) is 9.50 Å². The topological polar surface area (TPSA) is 51.5 Å². The number of ether oxygens (including phenoxy) is 1. The van der Waals surface area contributed by atoms with Crippen LogP contribution in [0, 0.1) is 0 Å². The normalized spacial score (nSPS) is 20.1. The van der Waals surface area contributed by atoms with E-state index in [-0.39, 0.29) is 0 Å². The van der Waals surface area contributed by atoms with Gasteiger partial charge in [0, 0.05) is 18.4 Å². The summed E-state index contributed by atoms with van der Waals surface area (Å²) in [6.07, 6.45) is 10.2. The molecule has 1 saturated heterocycles. The first-order valence-corrected chi connectivity index (χ1v) is 6.58. The minimum atomic E-state index is 0.600. The molecule has 96 valence electrons. The largest absolute Gasteiger partial charge is 0.476 e. The standard InChI is InChI=1S/C13H18N4O/c1-2-6-14-11(3-1)5-10-18-13-12-4-7-16-17(12)9-8-15-13/h4,7-9,11,14H,1-3,5-6,10H2. The molecule has 0 radical (unpaired) electrons. The summed E-state index contributed by atoms with van der Waals surface area (Å²) < 4.78 is 7.55. The Morgan fingerprint density at radius 1 is 1.39 bits per heavy atom. The van der Waals surface area contributed by atoms with E-state index < -0.39 is 0 Å². The molecule has 2 aromatic heterocycles. The van der Waals surface area contributed by atoms with E-state index in [1.54, 1.807) is 16.9 Å². The molecule has 0 aromatic carbocycles. The van der Waals surface area contributed by atoms with Crippen LogP contribution in [0.2, 0.25) is 0 Å². The molecule has 1 atom stereocenters. The summed E-state index contributed by atoms with van der Waals surface area (Å²) in [7, 11) is 0. The first-order chi connectivity index (χ1) is 8.93. The quantitative estimate of drug-likeness (QED) is 0.891. The van der Waals surface area contributed by atoms with Gasteiger partial charge in [0.15, 0.2) is 0 Å². The number of nitrogens with zero attached hydrogens (tertiary/aromatic N) is 3. The average molecular weight is 246 g/mol. The zero-order chi connectivity index (χ0) is 12.2. The lowest BCUT2D eigenvalue weighted by atomic mass is 10.0. The third-order valence-electron chi connectivity index (χ3n) is 3.41. The maximum atomic E-state index is 5.77. The third-order valence-corrected chi connectivity index (χ3v) is 3.41. The highest BCUT2D eigenvalue weighted by Gasteiger charge is 2.12. The molecule has 2 aromatic rings. The second-order valence-corrected chi connectivity index (χ2v) is 4.68. The van der Waals surface area contributed by atoms with Crippen molar-refractivity contribution >= 4 is 5.52 Å².